The SMILES string of the molecule is Cn1c(Cc2ccccc2)nn(C[NH+]2CC[NH+](CC(=O)NC3CC3)CC2)c1=S. The fourth-order valence-electron chi connectivity index (χ4n) is 3.81. The molecule has 2 aromatic rings. The first-order chi connectivity index (χ1) is 13.6. The Balaban J connectivity index is 1.30. The van der Waals surface area contributed by atoms with E-state index in [0.717, 1.165) is 62.7 Å². The Morgan fingerprint density at radius 2 is 1.86 bits per heavy atom. The fourth-order valence-corrected chi connectivity index (χ4v) is 4.02. The maximum Gasteiger partial charge on any atom is 0.275 e. The molecule has 1 saturated heterocycles. The topological polar surface area (TPSA) is 60.7 Å². The van der Waals surface area contributed by atoms with Crippen molar-refractivity contribution in [3.8, 4) is 0 Å². The van der Waals surface area contributed by atoms with E-state index in [2.05, 4.69) is 29.6 Å². The molecule has 2 fully saturated rings. The van der Waals surface area contributed by atoms with Gasteiger partial charge in [-0.2, -0.15) is 9.78 Å². The number of rotatable bonds is 7. The summed E-state index contributed by atoms with van der Waals surface area (Å²) in [4.78, 5) is 14.9. The number of piperazine rings is 1. The lowest BCUT2D eigenvalue weighted by atomic mass is 10.1. The number of carbonyl (C=O) groups is 1. The smallest absolute Gasteiger partial charge is 0.275 e. The normalized spacial score (nSPS) is 22.2. The maximum atomic E-state index is 12.0. The van der Waals surface area contributed by atoms with Crippen molar-refractivity contribution >= 4 is 18.1 Å². The van der Waals surface area contributed by atoms with Crippen molar-refractivity contribution in [2.45, 2.75) is 32.0 Å². The predicted molar refractivity (Wildman–Crippen MR) is 109 cm³/mol. The van der Waals surface area contributed by atoms with Gasteiger partial charge in [0.05, 0.1) is 0 Å². The van der Waals surface area contributed by atoms with Crippen LogP contribution in [-0.4, -0.2) is 59.0 Å². The zero-order valence-corrected chi connectivity index (χ0v) is 17.3. The number of aromatic nitrogens is 3. The summed E-state index contributed by atoms with van der Waals surface area (Å²) < 4.78 is 4.76. The van der Waals surface area contributed by atoms with Gasteiger partial charge in [0.25, 0.3) is 5.91 Å². The van der Waals surface area contributed by atoms with Crippen LogP contribution in [0.5, 0.6) is 0 Å². The van der Waals surface area contributed by atoms with Crippen LogP contribution in [0.15, 0.2) is 30.3 Å². The van der Waals surface area contributed by atoms with Gasteiger partial charge < -0.3 is 19.7 Å². The minimum Gasteiger partial charge on any atom is -0.348 e. The lowest BCUT2D eigenvalue weighted by Gasteiger charge is -2.29. The van der Waals surface area contributed by atoms with E-state index < -0.39 is 0 Å². The lowest BCUT2D eigenvalue weighted by Crippen LogP contribution is -3.28. The molecule has 1 amide bonds. The first kappa shape index (κ1) is 19.3. The van der Waals surface area contributed by atoms with Crippen LogP contribution in [0.4, 0.5) is 0 Å². The van der Waals surface area contributed by atoms with Gasteiger partial charge in [-0.25, -0.2) is 0 Å². The Hall–Kier alpha value is -2.03. The number of nitrogens with zero attached hydrogens (tertiary/aromatic N) is 3. The quantitative estimate of drug-likeness (QED) is 0.498. The zero-order chi connectivity index (χ0) is 19.5. The van der Waals surface area contributed by atoms with Gasteiger partial charge in [-0.05, 0) is 30.6 Å². The highest BCUT2D eigenvalue weighted by Gasteiger charge is 2.28. The average Bonchev–Trinajstić information content (AvgIpc) is 3.47. The molecule has 0 atom stereocenters. The molecule has 0 unspecified atom stereocenters. The van der Waals surface area contributed by atoms with Crippen molar-refractivity contribution in [2.24, 2.45) is 7.05 Å². The second kappa shape index (κ2) is 8.55. The Morgan fingerprint density at radius 1 is 1.18 bits per heavy atom. The first-order valence-electron chi connectivity index (χ1n) is 10.2. The molecule has 0 spiro atoms. The molecule has 1 aromatic carbocycles. The van der Waals surface area contributed by atoms with E-state index in [1.54, 1.807) is 0 Å². The van der Waals surface area contributed by atoms with Crippen LogP contribution in [0, 0.1) is 4.77 Å². The molecular formula is C20H30N6OS+2. The number of hydrogen-bond acceptors (Lipinski definition) is 3. The molecule has 7 nitrogen and oxygen atoms in total. The highest BCUT2D eigenvalue weighted by Crippen LogP contribution is 2.18. The monoisotopic (exact) mass is 402 g/mol. The van der Waals surface area contributed by atoms with E-state index in [0.29, 0.717) is 12.6 Å². The molecule has 1 aliphatic heterocycles. The van der Waals surface area contributed by atoms with Crippen molar-refractivity contribution in [3.05, 3.63) is 46.5 Å². The maximum absolute atomic E-state index is 12.0. The second-order valence-corrected chi connectivity index (χ2v) is 8.46. The van der Waals surface area contributed by atoms with Gasteiger partial charge in [0, 0.05) is 19.5 Å². The summed E-state index contributed by atoms with van der Waals surface area (Å²) in [5.74, 6) is 1.20. The van der Waals surface area contributed by atoms with E-state index >= 15 is 0 Å². The van der Waals surface area contributed by atoms with E-state index in [4.69, 9.17) is 17.3 Å². The van der Waals surface area contributed by atoms with E-state index in [1.165, 1.54) is 15.4 Å². The molecule has 2 heterocycles. The van der Waals surface area contributed by atoms with Crippen LogP contribution in [-0.2, 0) is 24.9 Å². The van der Waals surface area contributed by atoms with E-state index in [-0.39, 0.29) is 5.91 Å². The van der Waals surface area contributed by atoms with Gasteiger partial charge in [0.2, 0.25) is 4.77 Å². The van der Waals surface area contributed by atoms with Crippen molar-refractivity contribution < 1.29 is 14.6 Å². The number of quaternary nitrogens is 2. The summed E-state index contributed by atoms with van der Waals surface area (Å²) in [5, 5.41) is 7.88. The van der Waals surface area contributed by atoms with Gasteiger partial charge in [-0.15, -0.1) is 0 Å². The number of amides is 1. The Bertz CT molecular complexity index is 865. The third-order valence-electron chi connectivity index (χ3n) is 5.73. The number of carbonyl (C=O) groups excluding carboxylic acids is 1. The molecule has 3 N–H and O–H groups in total. The number of nitrogens with one attached hydrogen (secondary N) is 3. The molecule has 2 aliphatic rings. The second-order valence-electron chi connectivity index (χ2n) is 8.10. The summed E-state index contributed by atoms with van der Waals surface area (Å²) in [5.41, 5.74) is 1.24. The molecular weight excluding hydrogens is 372 g/mol. The molecule has 4 rings (SSSR count). The minimum atomic E-state index is 0.207. The largest absolute Gasteiger partial charge is 0.348 e. The van der Waals surface area contributed by atoms with Gasteiger partial charge >= 0.3 is 0 Å². The molecule has 150 valence electrons. The predicted octanol–water partition coefficient (Wildman–Crippen LogP) is -1.44. The van der Waals surface area contributed by atoms with Crippen molar-refractivity contribution in [2.75, 3.05) is 32.7 Å². The van der Waals surface area contributed by atoms with Crippen molar-refractivity contribution in [1.82, 2.24) is 19.7 Å². The van der Waals surface area contributed by atoms with Crippen LogP contribution in [0.1, 0.15) is 24.2 Å². The molecule has 0 bridgehead atoms. The third-order valence-corrected chi connectivity index (χ3v) is 6.21. The summed E-state index contributed by atoms with van der Waals surface area (Å²) in [6.45, 7) is 5.52. The number of hydrogen-bond donors (Lipinski definition) is 3. The zero-order valence-electron chi connectivity index (χ0n) is 16.5. The average molecular weight is 403 g/mol. The molecule has 8 heteroatoms. The van der Waals surface area contributed by atoms with Crippen LogP contribution < -0.4 is 15.1 Å². The Kier molecular flexibility index (Phi) is 5.89. The number of benzene rings is 1. The molecule has 1 aliphatic carbocycles. The van der Waals surface area contributed by atoms with E-state index in [9.17, 15) is 4.79 Å². The van der Waals surface area contributed by atoms with E-state index in [1.807, 2.05) is 22.4 Å². The van der Waals surface area contributed by atoms with Gasteiger partial charge in [0.15, 0.2) is 13.2 Å². The summed E-state index contributed by atoms with van der Waals surface area (Å²) in [7, 11) is 2.00. The molecule has 1 saturated carbocycles. The Morgan fingerprint density at radius 3 is 2.54 bits per heavy atom. The Labute approximate surface area is 170 Å². The molecule has 28 heavy (non-hydrogen) atoms. The summed E-state index contributed by atoms with van der Waals surface area (Å²) in [6, 6.07) is 10.8. The fraction of sp³-hybridized carbons (Fsp3) is 0.550. The lowest BCUT2D eigenvalue weighted by molar-refractivity contribution is -1.02. The van der Waals surface area contributed by atoms with Crippen molar-refractivity contribution in [1.29, 1.82) is 0 Å². The summed E-state index contributed by atoms with van der Waals surface area (Å²) >= 11 is 5.62. The minimum absolute atomic E-state index is 0.207. The molecule has 0 radical (unpaired) electrons. The van der Waals surface area contributed by atoms with Crippen LogP contribution in [0.2, 0.25) is 0 Å². The van der Waals surface area contributed by atoms with Crippen LogP contribution >= 0.6 is 12.2 Å². The van der Waals surface area contributed by atoms with Crippen molar-refractivity contribution in [3.63, 3.8) is 0 Å². The van der Waals surface area contributed by atoms with Gasteiger partial charge in [0.1, 0.15) is 32.0 Å². The molecule has 1 aromatic heterocycles. The van der Waals surface area contributed by atoms with Crippen LogP contribution in [0.3, 0.4) is 0 Å². The van der Waals surface area contributed by atoms with Gasteiger partial charge in [-0.3, -0.25) is 4.79 Å². The standard InChI is InChI=1S/C20H28N6OS/c1-23-18(13-16-5-3-2-4-6-16)22-26(20(23)28)15-25-11-9-24(10-12-25)14-19(27)21-17-7-8-17/h2-6,17H,7-15H2,1H3,(H,21,27)/p+2. The third kappa shape index (κ3) is 4.87. The first-order valence-corrected chi connectivity index (χ1v) is 10.6. The summed E-state index contributed by atoms with van der Waals surface area (Å²) in [6.07, 6.45) is 3.09. The highest BCUT2D eigenvalue weighted by molar-refractivity contribution is 7.71. The van der Waals surface area contributed by atoms with Gasteiger partial charge in [-0.1, -0.05) is 30.3 Å². The van der Waals surface area contributed by atoms with Crippen LogP contribution in [0.25, 0.3) is 0 Å². The highest BCUT2D eigenvalue weighted by atomic mass is 32.1.